The van der Waals surface area contributed by atoms with Gasteiger partial charge in [-0.15, -0.1) is 0 Å². The molecule has 2 N–H and O–H groups in total. The van der Waals surface area contributed by atoms with Crippen LogP contribution < -0.4 is 10.1 Å². The normalized spacial score (nSPS) is 10.2. The van der Waals surface area contributed by atoms with Crippen molar-refractivity contribution in [2.45, 2.75) is 20.4 Å². The zero-order valence-electron chi connectivity index (χ0n) is 11.1. The van der Waals surface area contributed by atoms with E-state index in [9.17, 15) is 4.79 Å². The predicted octanol–water partition coefficient (Wildman–Crippen LogP) is 1.72. The van der Waals surface area contributed by atoms with Crippen LogP contribution in [0.15, 0.2) is 30.6 Å². The summed E-state index contributed by atoms with van der Waals surface area (Å²) in [6.07, 6.45) is 3.36. The van der Waals surface area contributed by atoms with Crippen molar-refractivity contribution in [2.75, 3.05) is 6.61 Å². The number of para-hydroxylation sites is 1. The van der Waals surface area contributed by atoms with Gasteiger partial charge in [-0.1, -0.05) is 18.2 Å². The molecule has 5 nitrogen and oxygen atoms in total. The third-order valence-electron chi connectivity index (χ3n) is 2.76. The molecule has 0 saturated heterocycles. The first-order valence-corrected chi connectivity index (χ1v) is 6.11. The standard InChI is InChI=1S/C14H17N3O2/c1-10-4-3-5-11(2)14(10)19-9-13(18)17-8-12-15-6-7-16-12/h3-7H,8-9H2,1-2H3,(H,15,16)(H,17,18). The summed E-state index contributed by atoms with van der Waals surface area (Å²) in [6.45, 7) is 4.31. The second-order valence-corrected chi connectivity index (χ2v) is 4.32. The van der Waals surface area contributed by atoms with Gasteiger partial charge in [0.15, 0.2) is 6.61 Å². The molecule has 19 heavy (non-hydrogen) atoms. The summed E-state index contributed by atoms with van der Waals surface area (Å²) >= 11 is 0. The summed E-state index contributed by atoms with van der Waals surface area (Å²) in [4.78, 5) is 18.6. The molecule has 0 bridgehead atoms. The van der Waals surface area contributed by atoms with Gasteiger partial charge in [-0.05, 0) is 25.0 Å². The fourth-order valence-electron chi connectivity index (χ4n) is 1.79. The van der Waals surface area contributed by atoms with Gasteiger partial charge in [0.1, 0.15) is 11.6 Å². The summed E-state index contributed by atoms with van der Waals surface area (Å²) in [6, 6.07) is 5.89. The minimum absolute atomic E-state index is 0.00635. The van der Waals surface area contributed by atoms with Crippen LogP contribution in [0.1, 0.15) is 17.0 Å². The Bertz CT molecular complexity index is 530. The van der Waals surface area contributed by atoms with Gasteiger partial charge in [0, 0.05) is 12.4 Å². The first kappa shape index (κ1) is 13.1. The fraction of sp³-hybridized carbons (Fsp3) is 0.286. The highest BCUT2D eigenvalue weighted by molar-refractivity contribution is 5.77. The number of benzene rings is 1. The summed E-state index contributed by atoms with van der Waals surface area (Å²) in [5.74, 6) is 1.33. The average molecular weight is 259 g/mol. The second-order valence-electron chi connectivity index (χ2n) is 4.32. The molecule has 1 aromatic carbocycles. The number of aromatic amines is 1. The number of H-pyrrole nitrogens is 1. The predicted molar refractivity (Wildman–Crippen MR) is 71.8 cm³/mol. The quantitative estimate of drug-likeness (QED) is 0.859. The maximum atomic E-state index is 11.7. The van der Waals surface area contributed by atoms with E-state index in [0.29, 0.717) is 6.54 Å². The number of hydrogen-bond acceptors (Lipinski definition) is 3. The zero-order valence-corrected chi connectivity index (χ0v) is 11.1. The van der Waals surface area contributed by atoms with Crippen LogP contribution in [0.5, 0.6) is 5.75 Å². The number of hydrogen-bond donors (Lipinski definition) is 2. The molecule has 0 fully saturated rings. The summed E-state index contributed by atoms with van der Waals surface area (Å²) < 4.78 is 5.56. The van der Waals surface area contributed by atoms with Crippen LogP contribution in [0.4, 0.5) is 0 Å². The number of ether oxygens (including phenoxy) is 1. The van der Waals surface area contributed by atoms with Gasteiger partial charge >= 0.3 is 0 Å². The van der Waals surface area contributed by atoms with Crippen molar-refractivity contribution in [3.05, 3.63) is 47.5 Å². The number of nitrogens with one attached hydrogen (secondary N) is 2. The van der Waals surface area contributed by atoms with Crippen molar-refractivity contribution in [2.24, 2.45) is 0 Å². The summed E-state index contributed by atoms with van der Waals surface area (Å²) in [7, 11) is 0. The van der Waals surface area contributed by atoms with Crippen molar-refractivity contribution in [3.8, 4) is 5.75 Å². The lowest BCUT2D eigenvalue weighted by Gasteiger charge is -2.11. The molecular formula is C14H17N3O2. The first-order valence-electron chi connectivity index (χ1n) is 6.11. The van der Waals surface area contributed by atoms with Crippen molar-refractivity contribution >= 4 is 5.91 Å². The number of carbonyl (C=O) groups excluding carboxylic acids is 1. The Labute approximate surface area is 112 Å². The molecule has 0 atom stereocenters. The minimum Gasteiger partial charge on any atom is -0.483 e. The lowest BCUT2D eigenvalue weighted by atomic mass is 10.1. The van der Waals surface area contributed by atoms with E-state index in [1.807, 2.05) is 32.0 Å². The third-order valence-corrected chi connectivity index (χ3v) is 2.76. The highest BCUT2D eigenvalue weighted by atomic mass is 16.5. The maximum Gasteiger partial charge on any atom is 0.258 e. The van der Waals surface area contributed by atoms with Crippen molar-refractivity contribution in [1.82, 2.24) is 15.3 Å². The fourth-order valence-corrected chi connectivity index (χ4v) is 1.79. The van der Waals surface area contributed by atoms with Crippen molar-refractivity contribution in [3.63, 3.8) is 0 Å². The molecule has 0 aliphatic carbocycles. The Morgan fingerprint density at radius 2 is 2.11 bits per heavy atom. The molecule has 0 aliphatic rings. The average Bonchev–Trinajstić information content (AvgIpc) is 2.89. The number of imidazole rings is 1. The van der Waals surface area contributed by atoms with Crippen LogP contribution in [-0.2, 0) is 11.3 Å². The highest BCUT2D eigenvalue weighted by Crippen LogP contribution is 2.21. The van der Waals surface area contributed by atoms with Crippen LogP contribution in [0.2, 0.25) is 0 Å². The highest BCUT2D eigenvalue weighted by Gasteiger charge is 2.07. The van der Waals surface area contributed by atoms with Crippen LogP contribution in [0.25, 0.3) is 0 Å². The van der Waals surface area contributed by atoms with E-state index in [1.165, 1.54) is 0 Å². The number of nitrogens with zero attached hydrogens (tertiary/aromatic N) is 1. The summed E-state index contributed by atoms with van der Waals surface area (Å²) in [5, 5.41) is 2.74. The molecule has 0 radical (unpaired) electrons. The maximum absolute atomic E-state index is 11.7. The molecular weight excluding hydrogens is 242 g/mol. The van der Waals surface area contributed by atoms with Crippen LogP contribution in [0.3, 0.4) is 0 Å². The monoisotopic (exact) mass is 259 g/mol. The molecule has 2 rings (SSSR count). The molecule has 0 spiro atoms. The smallest absolute Gasteiger partial charge is 0.258 e. The first-order chi connectivity index (χ1) is 9.16. The van der Waals surface area contributed by atoms with E-state index in [2.05, 4.69) is 15.3 Å². The second kappa shape index (κ2) is 6.04. The van der Waals surface area contributed by atoms with E-state index >= 15 is 0 Å². The van der Waals surface area contributed by atoms with Gasteiger partial charge in [0.2, 0.25) is 0 Å². The number of rotatable bonds is 5. The molecule has 0 aliphatic heterocycles. The number of amides is 1. The number of carbonyl (C=O) groups is 1. The van der Waals surface area contributed by atoms with Gasteiger partial charge in [-0.3, -0.25) is 4.79 Å². The van der Waals surface area contributed by atoms with E-state index in [-0.39, 0.29) is 12.5 Å². The zero-order chi connectivity index (χ0) is 13.7. The Hall–Kier alpha value is -2.30. The van der Waals surface area contributed by atoms with E-state index in [1.54, 1.807) is 12.4 Å². The van der Waals surface area contributed by atoms with Crippen molar-refractivity contribution < 1.29 is 9.53 Å². The summed E-state index contributed by atoms with van der Waals surface area (Å²) in [5.41, 5.74) is 2.05. The Balaban J connectivity index is 1.83. The van der Waals surface area contributed by atoms with Crippen molar-refractivity contribution in [1.29, 1.82) is 0 Å². The van der Waals surface area contributed by atoms with E-state index in [4.69, 9.17) is 4.74 Å². The number of aromatic nitrogens is 2. The Morgan fingerprint density at radius 1 is 1.37 bits per heavy atom. The van der Waals surface area contributed by atoms with Gasteiger partial charge in [0.05, 0.1) is 6.54 Å². The van der Waals surface area contributed by atoms with E-state index in [0.717, 1.165) is 22.7 Å². The third kappa shape index (κ3) is 3.58. The van der Waals surface area contributed by atoms with Crippen LogP contribution >= 0.6 is 0 Å². The SMILES string of the molecule is Cc1cccc(C)c1OCC(=O)NCc1ncc[nH]1. The lowest BCUT2D eigenvalue weighted by Crippen LogP contribution is -2.29. The Morgan fingerprint density at radius 3 is 2.74 bits per heavy atom. The number of aryl methyl sites for hydroxylation is 2. The molecule has 1 heterocycles. The van der Waals surface area contributed by atoms with E-state index < -0.39 is 0 Å². The van der Waals surface area contributed by atoms with Gasteiger partial charge < -0.3 is 15.0 Å². The molecule has 5 heteroatoms. The molecule has 0 unspecified atom stereocenters. The molecule has 0 saturated carbocycles. The minimum atomic E-state index is -0.168. The topological polar surface area (TPSA) is 67.0 Å². The molecule has 100 valence electrons. The molecule has 1 amide bonds. The largest absolute Gasteiger partial charge is 0.483 e. The van der Waals surface area contributed by atoms with Crippen LogP contribution in [-0.4, -0.2) is 22.5 Å². The Kier molecular flexibility index (Phi) is 4.18. The van der Waals surface area contributed by atoms with Gasteiger partial charge in [-0.2, -0.15) is 0 Å². The molecule has 2 aromatic rings. The molecule has 1 aromatic heterocycles. The lowest BCUT2D eigenvalue weighted by molar-refractivity contribution is -0.123. The van der Waals surface area contributed by atoms with Gasteiger partial charge in [0.25, 0.3) is 5.91 Å². The van der Waals surface area contributed by atoms with Gasteiger partial charge in [-0.25, -0.2) is 4.98 Å². The van der Waals surface area contributed by atoms with Crippen LogP contribution in [0, 0.1) is 13.8 Å².